The summed E-state index contributed by atoms with van der Waals surface area (Å²) >= 11 is 0. The number of hydrogen-bond donors (Lipinski definition) is 0. The Balaban J connectivity index is 1.82. The van der Waals surface area contributed by atoms with E-state index in [0.29, 0.717) is 0 Å². The summed E-state index contributed by atoms with van der Waals surface area (Å²) in [5, 5.41) is 5.35. The molecule has 0 spiro atoms. The Hall–Kier alpha value is -2.88. The highest BCUT2D eigenvalue weighted by Gasteiger charge is 2.06. The van der Waals surface area contributed by atoms with Gasteiger partial charge in [-0.3, -0.25) is 4.68 Å². The van der Waals surface area contributed by atoms with Crippen molar-refractivity contribution < 1.29 is 4.39 Å². The quantitative estimate of drug-likeness (QED) is 0.543. The highest BCUT2D eigenvalue weighted by Crippen LogP contribution is 2.26. The summed E-state index contributed by atoms with van der Waals surface area (Å²) in [5.41, 5.74) is 4.28. The molecule has 22 heavy (non-hydrogen) atoms. The van der Waals surface area contributed by atoms with E-state index in [1.807, 2.05) is 25.6 Å². The van der Waals surface area contributed by atoms with Crippen molar-refractivity contribution in [2.45, 2.75) is 0 Å². The largest absolute Gasteiger partial charge is 0.317 e. The molecule has 3 nitrogen and oxygen atoms in total. The zero-order valence-electron chi connectivity index (χ0n) is 12.1. The zero-order valence-corrected chi connectivity index (χ0v) is 12.1. The van der Waals surface area contributed by atoms with Gasteiger partial charge in [0.05, 0.1) is 11.7 Å². The van der Waals surface area contributed by atoms with Gasteiger partial charge in [-0.25, -0.2) is 4.39 Å². The first-order chi connectivity index (χ1) is 10.7. The van der Waals surface area contributed by atoms with E-state index in [-0.39, 0.29) is 5.82 Å². The van der Waals surface area contributed by atoms with Crippen LogP contribution in [-0.2, 0) is 7.05 Å². The average Bonchev–Trinajstić information content (AvgIpc) is 3.14. The average molecular weight is 291 g/mol. The second-order valence-electron chi connectivity index (χ2n) is 5.34. The number of benzene rings is 2. The number of aryl methyl sites for hydroxylation is 1. The van der Waals surface area contributed by atoms with Crippen LogP contribution in [0.25, 0.3) is 27.7 Å². The molecule has 0 radical (unpaired) electrons. The number of rotatable bonds is 2. The molecule has 0 fully saturated rings. The molecule has 108 valence electrons. The Kier molecular flexibility index (Phi) is 2.82. The maximum absolute atomic E-state index is 13.1. The van der Waals surface area contributed by atoms with E-state index in [1.165, 1.54) is 12.1 Å². The minimum atomic E-state index is -0.223. The fraction of sp³-hybridized carbons (Fsp3) is 0.0556. The molecule has 0 aliphatic rings. The number of fused-ring (bicyclic) bond motifs is 1. The molecular weight excluding hydrogens is 277 g/mol. The molecule has 0 amide bonds. The van der Waals surface area contributed by atoms with E-state index in [0.717, 1.165) is 27.7 Å². The number of hydrogen-bond acceptors (Lipinski definition) is 1. The minimum Gasteiger partial charge on any atom is -0.317 e. The summed E-state index contributed by atoms with van der Waals surface area (Å²) < 4.78 is 16.9. The lowest BCUT2D eigenvalue weighted by Crippen LogP contribution is -1.91. The van der Waals surface area contributed by atoms with Gasteiger partial charge in [0.1, 0.15) is 5.82 Å². The standard InChI is InChI=1S/C18H14FN3/c1-21-12-15(11-20-21)13-2-7-18-14(10-13)8-9-22(18)17-5-3-16(19)4-6-17/h2-12H,1H3. The van der Waals surface area contributed by atoms with E-state index in [2.05, 4.69) is 33.9 Å². The molecule has 0 aliphatic carbocycles. The van der Waals surface area contributed by atoms with Gasteiger partial charge in [0, 0.05) is 36.1 Å². The van der Waals surface area contributed by atoms with Gasteiger partial charge in [0.2, 0.25) is 0 Å². The van der Waals surface area contributed by atoms with Crippen LogP contribution in [-0.4, -0.2) is 14.3 Å². The summed E-state index contributed by atoms with van der Waals surface area (Å²) in [7, 11) is 1.91. The van der Waals surface area contributed by atoms with E-state index in [4.69, 9.17) is 0 Å². The minimum absolute atomic E-state index is 0.223. The highest BCUT2D eigenvalue weighted by atomic mass is 19.1. The van der Waals surface area contributed by atoms with Crippen molar-refractivity contribution in [3.05, 3.63) is 72.9 Å². The normalized spacial score (nSPS) is 11.2. The predicted molar refractivity (Wildman–Crippen MR) is 85.4 cm³/mol. The van der Waals surface area contributed by atoms with Gasteiger partial charge < -0.3 is 4.57 Å². The van der Waals surface area contributed by atoms with Crippen LogP contribution in [0, 0.1) is 5.82 Å². The molecule has 4 heteroatoms. The van der Waals surface area contributed by atoms with E-state index < -0.39 is 0 Å². The summed E-state index contributed by atoms with van der Waals surface area (Å²) in [6.07, 6.45) is 5.86. The Morgan fingerprint density at radius 3 is 2.50 bits per heavy atom. The number of halogens is 1. The number of aromatic nitrogens is 3. The van der Waals surface area contributed by atoms with Crippen molar-refractivity contribution in [1.29, 1.82) is 0 Å². The van der Waals surface area contributed by atoms with Crippen LogP contribution in [0.15, 0.2) is 67.1 Å². The Bertz CT molecular complexity index is 948. The van der Waals surface area contributed by atoms with Crippen LogP contribution in [0.4, 0.5) is 4.39 Å². The molecule has 0 bridgehead atoms. The van der Waals surface area contributed by atoms with Crippen molar-refractivity contribution >= 4 is 10.9 Å². The first-order valence-electron chi connectivity index (χ1n) is 7.07. The van der Waals surface area contributed by atoms with Crippen LogP contribution >= 0.6 is 0 Å². The molecule has 4 rings (SSSR count). The number of nitrogens with zero attached hydrogens (tertiary/aromatic N) is 3. The second kappa shape index (κ2) is 4.84. The van der Waals surface area contributed by atoms with Crippen LogP contribution < -0.4 is 0 Å². The van der Waals surface area contributed by atoms with Crippen molar-refractivity contribution in [3.63, 3.8) is 0 Å². The van der Waals surface area contributed by atoms with Gasteiger partial charge in [-0.05, 0) is 48.0 Å². The van der Waals surface area contributed by atoms with Crippen LogP contribution in [0.3, 0.4) is 0 Å². The van der Waals surface area contributed by atoms with Gasteiger partial charge in [-0.1, -0.05) is 6.07 Å². The van der Waals surface area contributed by atoms with Crippen LogP contribution in [0.2, 0.25) is 0 Å². The van der Waals surface area contributed by atoms with Crippen molar-refractivity contribution in [3.8, 4) is 16.8 Å². The maximum atomic E-state index is 13.1. The van der Waals surface area contributed by atoms with Gasteiger partial charge in [0.15, 0.2) is 0 Å². The molecule has 2 heterocycles. The Morgan fingerprint density at radius 1 is 0.955 bits per heavy atom. The third-order valence-electron chi connectivity index (χ3n) is 3.83. The van der Waals surface area contributed by atoms with Gasteiger partial charge in [0.25, 0.3) is 0 Å². The van der Waals surface area contributed by atoms with Gasteiger partial charge >= 0.3 is 0 Å². The lowest BCUT2D eigenvalue weighted by atomic mass is 10.1. The second-order valence-corrected chi connectivity index (χ2v) is 5.34. The van der Waals surface area contributed by atoms with E-state index in [1.54, 1.807) is 16.8 Å². The molecule has 4 aromatic rings. The first-order valence-corrected chi connectivity index (χ1v) is 7.07. The Morgan fingerprint density at radius 2 is 1.77 bits per heavy atom. The van der Waals surface area contributed by atoms with Crippen molar-refractivity contribution in [2.24, 2.45) is 7.05 Å². The summed E-state index contributed by atoms with van der Waals surface area (Å²) in [4.78, 5) is 0. The molecule has 2 aromatic heterocycles. The fourth-order valence-electron chi connectivity index (χ4n) is 2.72. The first kappa shape index (κ1) is 12.8. The monoisotopic (exact) mass is 291 g/mol. The zero-order chi connectivity index (χ0) is 15.1. The van der Waals surface area contributed by atoms with Gasteiger partial charge in [-0.2, -0.15) is 5.10 Å². The smallest absolute Gasteiger partial charge is 0.123 e. The van der Waals surface area contributed by atoms with Gasteiger partial charge in [-0.15, -0.1) is 0 Å². The van der Waals surface area contributed by atoms with Crippen LogP contribution in [0.5, 0.6) is 0 Å². The highest BCUT2D eigenvalue weighted by molar-refractivity contribution is 5.86. The fourth-order valence-corrected chi connectivity index (χ4v) is 2.72. The molecule has 0 atom stereocenters. The SMILES string of the molecule is Cn1cc(-c2ccc3c(ccn3-c3ccc(F)cc3)c2)cn1. The lowest BCUT2D eigenvalue weighted by molar-refractivity contribution is 0.627. The Labute approximate surface area is 127 Å². The maximum Gasteiger partial charge on any atom is 0.123 e. The molecule has 0 aliphatic heterocycles. The summed E-state index contributed by atoms with van der Waals surface area (Å²) in [6, 6.07) is 14.9. The molecule has 0 N–H and O–H groups in total. The van der Waals surface area contributed by atoms with E-state index >= 15 is 0 Å². The third-order valence-corrected chi connectivity index (χ3v) is 3.83. The summed E-state index contributed by atoms with van der Waals surface area (Å²) in [5.74, 6) is -0.223. The van der Waals surface area contributed by atoms with E-state index in [9.17, 15) is 4.39 Å². The molecule has 0 saturated carbocycles. The molecule has 2 aromatic carbocycles. The van der Waals surface area contributed by atoms with Crippen molar-refractivity contribution in [2.75, 3.05) is 0 Å². The van der Waals surface area contributed by atoms with Crippen LogP contribution in [0.1, 0.15) is 0 Å². The predicted octanol–water partition coefficient (Wildman–Crippen LogP) is 4.17. The molecular formula is C18H14FN3. The topological polar surface area (TPSA) is 22.8 Å². The lowest BCUT2D eigenvalue weighted by Gasteiger charge is -2.06. The summed E-state index contributed by atoms with van der Waals surface area (Å²) in [6.45, 7) is 0. The van der Waals surface area contributed by atoms with Crippen molar-refractivity contribution in [1.82, 2.24) is 14.3 Å². The molecule has 0 saturated heterocycles. The third kappa shape index (κ3) is 2.09. The molecule has 0 unspecified atom stereocenters.